The SMILES string of the molecule is CC1(C)C2=C[C@@H]3Cc4ccccc4CC3C=C2C2=C1C=C(N)CC2. The highest BCUT2D eigenvalue weighted by Gasteiger charge is 2.43. The molecule has 0 amide bonds. The molecule has 24 heavy (non-hydrogen) atoms. The predicted molar refractivity (Wildman–Crippen MR) is 99.3 cm³/mol. The van der Waals surface area contributed by atoms with E-state index in [1.165, 1.54) is 18.4 Å². The smallest absolute Gasteiger partial charge is 0.0153 e. The van der Waals surface area contributed by atoms with Gasteiger partial charge in [0, 0.05) is 11.1 Å². The Morgan fingerprint density at radius 3 is 2.33 bits per heavy atom. The number of allylic oxidation sites excluding steroid dienone is 8. The first-order valence-corrected chi connectivity index (χ1v) is 9.25. The van der Waals surface area contributed by atoms with Crippen molar-refractivity contribution in [1.82, 2.24) is 0 Å². The van der Waals surface area contributed by atoms with Gasteiger partial charge in [0.1, 0.15) is 0 Å². The lowest BCUT2D eigenvalue weighted by molar-refractivity contribution is 0.422. The number of nitrogens with two attached hydrogens (primary N) is 1. The molecule has 0 aromatic heterocycles. The van der Waals surface area contributed by atoms with E-state index in [1.807, 2.05) is 0 Å². The van der Waals surface area contributed by atoms with Crippen LogP contribution < -0.4 is 5.73 Å². The Morgan fingerprint density at radius 1 is 0.958 bits per heavy atom. The second-order valence-electron chi connectivity index (χ2n) is 8.40. The summed E-state index contributed by atoms with van der Waals surface area (Å²) in [5, 5.41) is 0. The van der Waals surface area contributed by atoms with Crippen LogP contribution >= 0.6 is 0 Å². The van der Waals surface area contributed by atoms with Crippen molar-refractivity contribution in [3.05, 3.63) is 81.6 Å². The monoisotopic (exact) mass is 315 g/mol. The molecule has 2 N–H and O–H groups in total. The third-order valence-electron chi connectivity index (χ3n) is 6.62. The maximum Gasteiger partial charge on any atom is 0.0153 e. The largest absolute Gasteiger partial charge is 0.402 e. The van der Waals surface area contributed by atoms with Gasteiger partial charge in [-0.25, -0.2) is 0 Å². The first-order valence-electron chi connectivity index (χ1n) is 9.25. The molecule has 0 radical (unpaired) electrons. The lowest BCUT2D eigenvalue weighted by atomic mass is 9.68. The molecule has 122 valence electrons. The molecule has 0 aliphatic heterocycles. The molecule has 1 heteroatoms. The van der Waals surface area contributed by atoms with Gasteiger partial charge in [-0.1, -0.05) is 50.3 Å². The van der Waals surface area contributed by atoms with Crippen molar-refractivity contribution in [2.75, 3.05) is 0 Å². The van der Waals surface area contributed by atoms with Crippen LogP contribution in [0.3, 0.4) is 0 Å². The van der Waals surface area contributed by atoms with Gasteiger partial charge in [-0.15, -0.1) is 0 Å². The number of rotatable bonds is 0. The fourth-order valence-electron chi connectivity index (χ4n) is 5.28. The topological polar surface area (TPSA) is 26.0 Å². The first kappa shape index (κ1) is 14.3. The molecular formula is C23H25N. The maximum absolute atomic E-state index is 6.16. The quantitative estimate of drug-likeness (QED) is 0.727. The van der Waals surface area contributed by atoms with Gasteiger partial charge in [0.05, 0.1) is 0 Å². The summed E-state index contributed by atoms with van der Waals surface area (Å²) >= 11 is 0. The van der Waals surface area contributed by atoms with E-state index in [-0.39, 0.29) is 5.41 Å². The van der Waals surface area contributed by atoms with E-state index in [0.717, 1.165) is 18.5 Å². The highest BCUT2D eigenvalue weighted by Crippen LogP contribution is 2.56. The predicted octanol–water partition coefficient (Wildman–Crippen LogP) is 4.86. The molecule has 0 bridgehead atoms. The zero-order chi connectivity index (χ0) is 16.5. The van der Waals surface area contributed by atoms with Crippen LogP contribution in [0.2, 0.25) is 0 Å². The van der Waals surface area contributed by atoms with E-state index in [2.05, 4.69) is 56.3 Å². The molecule has 5 rings (SSSR count). The van der Waals surface area contributed by atoms with Crippen molar-refractivity contribution in [2.45, 2.75) is 39.5 Å². The van der Waals surface area contributed by atoms with Gasteiger partial charge in [0.25, 0.3) is 0 Å². The zero-order valence-electron chi connectivity index (χ0n) is 14.6. The summed E-state index contributed by atoms with van der Waals surface area (Å²) in [7, 11) is 0. The Balaban J connectivity index is 1.62. The summed E-state index contributed by atoms with van der Waals surface area (Å²) in [5.74, 6) is 1.31. The highest BCUT2D eigenvalue weighted by atomic mass is 14.6. The van der Waals surface area contributed by atoms with Gasteiger partial charge in [0.15, 0.2) is 0 Å². The summed E-state index contributed by atoms with van der Waals surface area (Å²) in [6, 6.07) is 9.00. The van der Waals surface area contributed by atoms with Crippen molar-refractivity contribution < 1.29 is 0 Å². The fraction of sp³-hybridized carbons (Fsp3) is 0.391. The lowest BCUT2D eigenvalue weighted by Gasteiger charge is -2.36. The van der Waals surface area contributed by atoms with E-state index < -0.39 is 0 Å². The van der Waals surface area contributed by atoms with Crippen LogP contribution in [0.15, 0.2) is 70.5 Å². The summed E-state index contributed by atoms with van der Waals surface area (Å²) in [6.07, 6.45) is 12.0. The molecule has 1 nitrogen and oxygen atoms in total. The molecule has 4 aliphatic rings. The molecule has 0 saturated carbocycles. The maximum atomic E-state index is 6.16. The third-order valence-corrected chi connectivity index (χ3v) is 6.62. The number of hydrogen-bond donors (Lipinski definition) is 1. The van der Waals surface area contributed by atoms with Crippen molar-refractivity contribution in [3.63, 3.8) is 0 Å². The van der Waals surface area contributed by atoms with Gasteiger partial charge in [0.2, 0.25) is 0 Å². The summed E-state index contributed by atoms with van der Waals surface area (Å²) in [6.45, 7) is 4.75. The van der Waals surface area contributed by atoms with Crippen molar-refractivity contribution >= 4 is 0 Å². The van der Waals surface area contributed by atoms with Crippen LogP contribution in [0.1, 0.15) is 37.8 Å². The van der Waals surface area contributed by atoms with Crippen molar-refractivity contribution in [2.24, 2.45) is 23.0 Å². The molecule has 1 unspecified atom stereocenters. The summed E-state index contributed by atoms with van der Waals surface area (Å²) in [5.41, 5.74) is 16.5. The van der Waals surface area contributed by atoms with Crippen LogP contribution in [-0.4, -0.2) is 0 Å². The lowest BCUT2D eigenvalue weighted by Crippen LogP contribution is -2.27. The fourth-order valence-corrected chi connectivity index (χ4v) is 5.28. The van der Waals surface area contributed by atoms with Gasteiger partial charge in [-0.2, -0.15) is 0 Å². The second kappa shape index (κ2) is 4.75. The number of hydrogen-bond acceptors (Lipinski definition) is 1. The Bertz CT molecular complexity index is 860. The molecule has 0 heterocycles. The van der Waals surface area contributed by atoms with Gasteiger partial charge >= 0.3 is 0 Å². The van der Waals surface area contributed by atoms with Crippen LogP contribution in [0.4, 0.5) is 0 Å². The van der Waals surface area contributed by atoms with E-state index in [9.17, 15) is 0 Å². The zero-order valence-corrected chi connectivity index (χ0v) is 14.6. The Kier molecular flexibility index (Phi) is 2.84. The summed E-state index contributed by atoms with van der Waals surface area (Å²) < 4.78 is 0. The Morgan fingerprint density at radius 2 is 1.62 bits per heavy atom. The van der Waals surface area contributed by atoms with Crippen molar-refractivity contribution in [1.29, 1.82) is 0 Å². The summed E-state index contributed by atoms with van der Waals surface area (Å²) in [4.78, 5) is 0. The minimum Gasteiger partial charge on any atom is -0.402 e. The molecule has 0 spiro atoms. The normalized spacial score (nSPS) is 29.7. The van der Waals surface area contributed by atoms with E-state index in [1.54, 1.807) is 27.8 Å². The minimum absolute atomic E-state index is 0.105. The van der Waals surface area contributed by atoms with Crippen LogP contribution in [0.5, 0.6) is 0 Å². The second-order valence-corrected chi connectivity index (χ2v) is 8.40. The molecule has 2 atom stereocenters. The van der Waals surface area contributed by atoms with Crippen LogP contribution in [0.25, 0.3) is 0 Å². The molecule has 0 saturated heterocycles. The molecule has 1 aromatic carbocycles. The minimum atomic E-state index is 0.105. The van der Waals surface area contributed by atoms with Gasteiger partial charge in [-0.05, 0) is 77.0 Å². The van der Waals surface area contributed by atoms with E-state index in [0.29, 0.717) is 11.8 Å². The van der Waals surface area contributed by atoms with Gasteiger partial charge < -0.3 is 5.73 Å². The average molecular weight is 315 g/mol. The van der Waals surface area contributed by atoms with Crippen LogP contribution in [-0.2, 0) is 12.8 Å². The number of benzene rings is 1. The Labute approximate surface area is 144 Å². The molecular weight excluding hydrogens is 290 g/mol. The molecule has 0 fully saturated rings. The number of fused-ring (bicyclic) bond motifs is 4. The Hall–Kier alpha value is -2.02. The average Bonchev–Trinajstić information content (AvgIpc) is 2.78. The molecule has 4 aliphatic carbocycles. The van der Waals surface area contributed by atoms with E-state index in [4.69, 9.17) is 5.73 Å². The first-order chi connectivity index (χ1) is 11.5. The highest BCUT2D eigenvalue weighted by molar-refractivity contribution is 5.67. The standard InChI is InChI=1S/C23H25N/c1-23(2)21-12-17-10-15-6-4-3-5-14(15)9-16(17)11-20(21)19-8-7-18(24)13-22(19)23/h3-6,11-13,16-17H,7-10,24H2,1-2H3/t16?,17-/m0/s1. The van der Waals surface area contributed by atoms with Gasteiger partial charge in [-0.3, -0.25) is 0 Å². The van der Waals surface area contributed by atoms with Crippen molar-refractivity contribution in [3.8, 4) is 0 Å². The van der Waals surface area contributed by atoms with E-state index >= 15 is 0 Å². The van der Waals surface area contributed by atoms with Crippen LogP contribution in [0, 0.1) is 17.3 Å². The molecule has 1 aromatic rings. The third kappa shape index (κ3) is 1.87.